The van der Waals surface area contributed by atoms with Crippen molar-refractivity contribution in [2.75, 3.05) is 38.1 Å². The fraction of sp³-hybridized carbons (Fsp3) is 0.333. The number of nitrogens with one attached hydrogen (secondary N) is 1. The molecule has 1 aliphatic heterocycles. The van der Waals surface area contributed by atoms with Gasteiger partial charge < -0.3 is 19.6 Å². The van der Waals surface area contributed by atoms with Crippen molar-refractivity contribution in [1.29, 1.82) is 0 Å². The van der Waals surface area contributed by atoms with E-state index < -0.39 is 0 Å². The molecule has 6 nitrogen and oxygen atoms in total. The normalized spacial score (nSPS) is 15.9. The van der Waals surface area contributed by atoms with Gasteiger partial charge in [-0.25, -0.2) is 0 Å². The average Bonchev–Trinajstić information content (AvgIpc) is 2.60. The van der Waals surface area contributed by atoms with Gasteiger partial charge in [-0.3, -0.25) is 4.79 Å². The lowest BCUT2D eigenvalue weighted by molar-refractivity contribution is 0.299. The van der Waals surface area contributed by atoms with Crippen molar-refractivity contribution in [3.8, 4) is 0 Å². The Morgan fingerprint density at radius 2 is 2.08 bits per heavy atom. The zero-order valence-electron chi connectivity index (χ0n) is 14.4. The number of aromatic amines is 1. The topological polar surface area (TPSA) is 60.9 Å². The highest BCUT2D eigenvalue weighted by Gasteiger charge is 2.24. The van der Waals surface area contributed by atoms with Crippen LogP contribution >= 0.6 is 11.6 Å². The van der Waals surface area contributed by atoms with Gasteiger partial charge in [-0.05, 0) is 32.2 Å². The molecule has 0 bridgehead atoms. The predicted octanol–water partition coefficient (Wildman–Crippen LogP) is 2.93. The number of pyridine rings is 1. The highest BCUT2D eigenvalue weighted by Crippen LogP contribution is 2.33. The van der Waals surface area contributed by atoms with Crippen molar-refractivity contribution >= 4 is 40.2 Å². The molecule has 1 N–H and O–H groups in total. The summed E-state index contributed by atoms with van der Waals surface area (Å²) in [7, 11) is 2.09. The monoisotopic (exact) mass is 360 g/mol. The summed E-state index contributed by atoms with van der Waals surface area (Å²) in [5.41, 5.74) is 1.68. The molecule has 1 aromatic heterocycles. The number of halogens is 1. The standard InChI is InChI=1S/C18H21ClN4O2/c1-4-20-25-12(2)16-17(23-9-7-22(3)8-10-23)14-11-13(19)5-6-15(14)21-18(16)24/h4-6,11H,2,7-10H2,1,3H3,(H,21,24)/b20-4+. The van der Waals surface area contributed by atoms with Crippen LogP contribution < -0.4 is 10.5 Å². The predicted molar refractivity (Wildman–Crippen MR) is 104 cm³/mol. The van der Waals surface area contributed by atoms with Crippen LogP contribution in [-0.2, 0) is 4.84 Å². The van der Waals surface area contributed by atoms with E-state index in [4.69, 9.17) is 16.4 Å². The van der Waals surface area contributed by atoms with E-state index in [1.54, 1.807) is 13.0 Å². The minimum Gasteiger partial charge on any atom is -0.368 e. The van der Waals surface area contributed by atoms with Gasteiger partial charge in [0, 0.05) is 42.8 Å². The molecule has 132 valence electrons. The van der Waals surface area contributed by atoms with Crippen LogP contribution in [0.2, 0.25) is 5.02 Å². The average molecular weight is 361 g/mol. The number of piperazine rings is 1. The van der Waals surface area contributed by atoms with Gasteiger partial charge in [0.15, 0.2) is 5.76 Å². The fourth-order valence-electron chi connectivity index (χ4n) is 3.03. The maximum Gasteiger partial charge on any atom is 0.261 e. The van der Waals surface area contributed by atoms with Gasteiger partial charge in [0.25, 0.3) is 5.56 Å². The van der Waals surface area contributed by atoms with E-state index in [2.05, 4.69) is 33.6 Å². The number of hydrogen-bond acceptors (Lipinski definition) is 5. The van der Waals surface area contributed by atoms with Gasteiger partial charge in [-0.2, -0.15) is 0 Å². The first-order valence-corrected chi connectivity index (χ1v) is 8.52. The van der Waals surface area contributed by atoms with E-state index in [1.165, 1.54) is 6.21 Å². The highest BCUT2D eigenvalue weighted by atomic mass is 35.5. The summed E-state index contributed by atoms with van der Waals surface area (Å²) < 4.78 is 0. The molecule has 0 atom stereocenters. The first-order valence-electron chi connectivity index (χ1n) is 8.14. The van der Waals surface area contributed by atoms with Crippen LogP contribution in [0.3, 0.4) is 0 Å². The first-order chi connectivity index (χ1) is 12.0. The van der Waals surface area contributed by atoms with Crippen LogP contribution in [-0.4, -0.2) is 49.3 Å². The van der Waals surface area contributed by atoms with Crippen LogP contribution in [0.4, 0.5) is 5.69 Å². The van der Waals surface area contributed by atoms with Crippen molar-refractivity contribution in [2.45, 2.75) is 6.92 Å². The Balaban J connectivity index is 2.22. The van der Waals surface area contributed by atoms with Gasteiger partial charge in [-0.1, -0.05) is 23.3 Å². The maximum absolute atomic E-state index is 12.7. The Hall–Kier alpha value is -2.31. The number of anilines is 1. The van der Waals surface area contributed by atoms with Crippen molar-refractivity contribution in [2.24, 2.45) is 5.16 Å². The van der Waals surface area contributed by atoms with E-state index in [1.807, 2.05) is 12.1 Å². The van der Waals surface area contributed by atoms with Crippen LogP contribution in [0.15, 0.2) is 34.7 Å². The highest BCUT2D eigenvalue weighted by molar-refractivity contribution is 6.31. The number of fused-ring (bicyclic) bond motifs is 1. The molecule has 0 aliphatic carbocycles. The Morgan fingerprint density at radius 1 is 1.36 bits per heavy atom. The third-order valence-electron chi connectivity index (χ3n) is 4.32. The van der Waals surface area contributed by atoms with Crippen LogP contribution in [0, 0.1) is 0 Å². The quantitative estimate of drug-likeness (QED) is 0.517. The number of rotatable bonds is 4. The number of benzene rings is 1. The maximum atomic E-state index is 12.7. The van der Waals surface area contributed by atoms with Crippen LogP contribution in [0.1, 0.15) is 12.5 Å². The van der Waals surface area contributed by atoms with E-state index in [0.717, 1.165) is 42.8 Å². The van der Waals surface area contributed by atoms with Crippen LogP contribution in [0.25, 0.3) is 16.7 Å². The van der Waals surface area contributed by atoms with Crippen molar-refractivity contribution < 1.29 is 4.84 Å². The second-order valence-electron chi connectivity index (χ2n) is 6.04. The number of nitrogens with zero attached hydrogens (tertiary/aromatic N) is 3. The zero-order valence-corrected chi connectivity index (χ0v) is 15.1. The Labute approximate surface area is 151 Å². The molecule has 0 radical (unpaired) electrons. The lowest BCUT2D eigenvalue weighted by atomic mass is 10.1. The molecule has 0 spiro atoms. The number of H-pyrrole nitrogens is 1. The molecule has 1 fully saturated rings. The fourth-order valence-corrected chi connectivity index (χ4v) is 3.20. The van der Waals surface area contributed by atoms with Gasteiger partial charge in [0.05, 0.1) is 11.2 Å². The van der Waals surface area contributed by atoms with Crippen molar-refractivity contribution in [3.05, 3.63) is 45.7 Å². The minimum absolute atomic E-state index is 0.218. The molecule has 1 aliphatic rings. The summed E-state index contributed by atoms with van der Waals surface area (Å²) >= 11 is 6.21. The van der Waals surface area contributed by atoms with Gasteiger partial charge >= 0.3 is 0 Å². The summed E-state index contributed by atoms with van der Waals surface area (Å²) in [5.74, 6) is 0.218. The number of likely N-dealkylation sites (N-methyl/N-ethyl adjacent to an activating group) is 1. The van der Waals surface area contributed by atoms with Gasteiger partial charge in [0.1, 0.15) is 5.56 Å². The van der Waals surface area contributed by atoms with E-state index in [-0.39, 0.29) is 11.3 Å². The molecular weight excluding hydrogens is 340 g/mol. The number of hydrogen-bond donors (Lipinski definition) is 1. The molecule has 2 heterocycles. The third-order valence-corrected chi connectivity index (χ3v) is 4.55. The minimum atomic E-state index is -0.250. The van der Waals surface area contributed by atoms with Gasteiger partial charge in [0.2, 0.25) is 0 Å². The lowest BCUT2D eigenvalue weighted by Crippen LogP contribution is -2.45. The molecule has 7 heteroatoms. The van der Waals surface area contributed by atoms with Crippen LogP contribution in [0.5, 0.6) is 0 Å². The smallest absolute Gasteiger partial charge is 0.261 e. The van der Waals surface area contributed by atoms with E-state index in [0.29, 0.717) is 10.6 Å². The largest absolute Gasteiger partial charge is 0.368 e. The molecule has 3 rings (SSSR count). The third kappa shape index (κ3) is 3.55. The summed E-state index contributed by atoms with van der Waals surface area (Å²) in [6.45, 7) is 9.06. The lowest BCUT2D eigenvalue weighted by Gasteiger charge is -2.35. The Morgan fingerprint density at radius 3 is 2.76 bits per heavy atom. The molecule has 0 saturated carbocycles. The Bertz CT molecular complexity index is 883. The second kappa shape index (κ2) is 7.29. The summed E-state index contributed by atoms with van der Waals surface area (Å²) in [6, 6.07) is 5.44. The zero-order chi connectivity index (χ0) is 18.0. The molecule has 25 heavy (non-hydrogen) atoms. The molecular formula is C18H21ClN4O2. The van der Waals surface area contributed by atoms with E-state index >= 15 is 0 Å². The molecule has 1 aromatic carbocycles. The molecule has 1 saturated heterocycles. The molecule has 0 amide bonds. The first kappa shape index (κ1) is 17.5. The van der Waals surface area contributed by atoms with Gasteiger partial charge in [-0.15, -0.1) is 0 Å². The number of oxime groups is 1. The van der Waals surface area contributed by atoms with Crippen molar-refractivity contribution in [1.82, 2.24) is 9.88 Å². The molecule has 0 unspecified atom stereocenters. The molecule has 2 aromatic rings. The number of aromatic nitrogens is 1. The van der Waals surface area contributed by atoms with E-state index in [9.17, 15) is 4.79 Å². The summed E-state index contributed by atoms with van der Waals surface area (Å²) in [5, 5.41) is 5.24. The summed E-state index contributed by atoms with van der Waals surface area (Å²) in [4.78, 5) is 25.3. The van der Waals surface area contributed by atoms with Crippen molar-refractivity contribution in [3.63, 3.8) is 0 Å². The second-order valence-corrected chi connectivity index (χ2v) is 6.47. The summed E-state index contributed by atoms with van der Waals surface area (Å²) in [6.07, 6.45) is 1.51. The SMILES string of the molecule is C=C(O/N=C/C)c1c(N2CCN(C)CC2)c2cc(Cl)ccc2[nH]c1=O. The Kier molecular flexibility index (Phi) is 5.11.